The molecule has 0 unspecified atom stereocenters. The van der Waals surface area contributed by atoms with Crippen LogP contribution < -0.4 is 0 Å². The van der Waals surface area contributed by atoms with Gasteiger partial charge in [0.25, 0.3) is 0 Å². The Bertz CT molecular complexity index is 433. The molecule has 1 aromatic carbocycles. The summed E-state index contributed by atoms with van der Waals surface area (Å²) in [5.41, 5.74) is 4.24. The number of rotatable bonds is 2. The van der Waals surface area contributed by atoms with E-state index < -0.39 is 0 Å². The fourth-order valence-corrected chi connectivity index (χ4v) is 1.51. The summed E-state index contributed by atoms with van der Waals surface area (Å²) >= 11 is 0. The molecule has 0 atom stereocenters. The molecule has 0 heterocycles. The van der Waals surface area contributed by atoms with Gasteiger partial charge in [0.05, 0.1) is 5.71 Å². The topological polar surface area (TPSA) is 32.6 Å². The highest BCUT2D eigenvalue weighted by Crippen LogP contribution is 2.22. The van der Waals surface area contributed by atoms with Gasteiger partial charge in [-0.3, -0.25) is 0 Å². The van der Waals surface area contributed by atoms with E-state index in [2.05, 4.69) is 50.2 Å². The van der Waals surface area contributed by atoms with E-state index in [1.54, 1.807) is 6.92 Å². The molecule has 0 radical (unpaired) electrons. The quantitative estimate of drug-likeness (QED) is 0.461. The van der Waals surface area contributed by atoms with Crippen LogP contribution in [0.5, 0.6) is 0 Å². The van der Waals surface area contributed by atoms with Gasteiger partial charge in [-0.15, -0.1) is 0 Å². The van der Waals surface area contributed by atoms with Gasteiger partial charge >= 0.3 is 0 Å². The lowest BCUT2D eigenvalue weighted by atomic mass is 9.86. The number of hydrogen-bond acceptors (Lipinski definition) is 2. The Labute approximate surface area is 104 Å². The molecule has 1 N–H and O–H groups in total. The number of oxime groups is 1. The van der Waals surface area contributed by atoms with Gasteiger partial charge in [0.2, 0.25) is 0 Å². The van der Waals surface area contributed by atoms with Gasteiger partial charge in [-0.1, -0.05) is 56.3 Å². The molecule has 2 heteroatoms. The van der Waals surface area contributed by atoms with Gasteiger partial charge in [-0.05, 0) is 36.0 Å². The lowest BCUT2D eigenvalue weighted by Crippen LogP contribution is -2.10. The summed E-state index contributed by atoms with van der Waals surface area (Å²) in [5, 5.41) is 11.9. The van der Waals surface area contributed by atoms with Crippen molar-refractivity contribution < 1.29 is 5.21 Å². The first-order valence-electron chi connectivity index (χ1n) is 5.82. The minimum absolute atomic E-state index is 0.180. The fourth-order valence-electron chi connectivity index (χ4n) is 1.51. The first kappa shape index (κ1) is 13.5. The lowest BCUT2D eigenvalue weighted by molar-refractivity contribution is 0.319. The van der Waals surface area contributed by atoms with E-state index in [4.69, 9.17) is 5.21 Å². The molecular formula is C15H21NO. The maximum absolute atomic E-state index is 8.68. The molecule has 0 aromatic heterocycles. The van der Waals surface area contributed by atoms with E-state index in [0.29, 0.717) is 5.71 Å². The highest BCUT2D eigenvalue weighted by Gasteiger charge is 2.12. The SMILES string of the molecule is CC(=C/c1ccc(C(C)(C)C)cc1)/C(C)=N/O. The van der Waals surface area contributed by atoms with Crippen LogP contribution in [0.25, 0.3) is 6.08 Å². The van der Waals surface area contributed by atoms with E-state index in [-0.39, 0.29) is 5.41 Å². The van der Waals surface area contributed by atoms with E-state index >= 15 is 0 Å². The molecule has 1 aromatic rings. The molecule has 0 aliphatic carbocycles. The van der Waals surface area contributed by atoms with Crippen molar-refractivity contribution >= 4 is 11.8 Å². The van der Waals surface area contributed by atoms with E-state index in [1.807, 2.05) is 13.0 Å². The first-order chi connectivity index (χ1) is 7.84. The number of hydrogen-bond donors (Lipinski definition) is 1. The molecular weight excluding hydrogens is 210 g/mol. The fraction of sp³-hybridized carbons (Fsp3) is 0.400. The maximum atomic E-state index is 8.68. The summed E-state index contributed by atoms with van der Waals surface area (Å²) in [6.07, 6.45) is 2.02. The predicted molar refractivity (Wildman–Crippen MR) is 73.7 cm³/mol. The third kappa shape index (κ3) is 3.74. The van der Waals surface area contributed by atoms with Crippen molar-refractivity contribution in [1.82, 2.24) is 0 Å². The maximum Gasteiger partial charge on any atom is 0.0794 e. The third-order valence-corrected chi connectivity index (χ3v) is 2.88. The lowest BCUT2D eigenvalue weighted by Gasteiger charge is -2.18. The zero-order valence-corrected chi connectivity index (χ0v) is 11.3. The number of allylic oxidation sites excluding steroid dienone is 1. The van der Waals surface area contributed by atoms with Crippen LogP contribution in [0.2, 0.25) is 0 Å². The van der Waals surface area contributed by atoms with Crippen LogP contribution >= 0.6 is 0 Å². The zero-order chi connectivity index (χ0) is 13.1. The van der Waals surface area contributed by atoms with Gasteiger partial charge in [-0.2, -0.15) is 0 Å². The molecule has 0 spiro atoms. The van der Waals surface area contributed by atoms with Gasteiger partial charge in [0.1, 0.15) is 0 Å². The molecule has 0 amide bonds. The van der Waals surface area contributed by atoms with E-state index in [0.717, 1.165) is 11.1 Å². The Kier molecular flexibility index (Phi) is 4.11. The molecule has 92 valence electrons. The Balaban J connectivity index is 2.97. The van der Waals surface area contributed by atoms with Crippen molar-refractivity contribution in [1.29, 1.82) is 0 Å². The highest BCUT2D eigenvalue weighted by molar-refractivity contribution is 6.01. The molecule has 17 heavy (non-hydrogen) atoms. The Morgan fingerprint density at radius 2 is 1.65 bits per heavy atom. The first-order valence-corrected chi connectivity index (χ1v) is 5.82. The summed E-state index contributed by atoms with van der Waals surface area (Å²) in [6.45, 7) is 10.3. The van der Waals surface area contributed by atoms with Crippen LogP contribution in [0.1, 0.15) is 45.7 Å². The van der Waals surface area contributed by atoms with Crippen molar-refractivity contribution in [3.05, 3.63) is 41.0 Å². The second kappa shape index (κ2) is 5.17. The predicted octanol–water partition coefficient (Wildman–Crippen LogP) is 4.24. The Morgan fingerprint density at radius 3 is 2.06 bits per heavy atom. The summed E-state index contributed by atoms with van der Waals surface area (Å²) in [4.78, 5) is 0. The van der Waals surface area contributed by atoms with Gasteiger partial charge in [0, 0.05) is 0 Å². The molecule has 0 saturated heterocycles. The van der Waals surface area contributed by atoms with Crippen molar-refractivity contribution in [2.45, 2.75) is 40.0 Å². The minimum atomic E-state index is 0.180. The van der Waals surface area contributed by atoms with Crippen molar-refractivity contribution in [3.63, 3.8) is 0 Å². The average molecular weight is 231 g/mol. The standard InChI is InChI=1S/C15H21NO/c1-11(12(2)16-17)10-13-6-8-14(9-7-13)15(3,4)5/h6-10,17H,1-5H3/b11-10-,16-12+. The van der Waals surface area contributed by atoms with Crippen molar-refractivity contribution in [3.8, 4) is 0 Å². The van der Waals surface area contributed by atoms with Crippen LogP contribution in [0.3, 0.4) is 0 Å². The molecule has 0 fully saturated rings. The summed E-state index contributed by atoms with van der Waals surface area (Å²) in [7, 11) is 0. The van der Waals surface area contributed by atoms with E-state index in [9.17, 15) is 0 Å². The number of benzene rings is 1. The van der Waals surface area contributed by atoms with E-state index in [1.165, 1.54) is 5.56 Å². The van der Waals surface area contributed by atoms with Gasteiger partial charge in [0.15, 0.2) is 0 Å². The molecule has 0 aliphatic heterocycles. The molecule has 2 nitrogen and oxygen atoms in total. The summed E-state index contributed by atoms with van der Waals surface area (Å²) in [5.74, 6) is 0. The highest BCUT2D eigenvalue weighted by atomic mass is 16.4. The molecule has 0 aliphatic rings. The summed E-state index contributed by atoms with van der Waals surface area (Å²) < 4.78 is 0. The average Bonchev–Trinajstić information content (AvgIpc) is 2.27. The smallest absolute Gasteiger partial charge is 0.0794 e. The zero-order valence-electron chi connectivity index (χ0n) is 11.3. The Morgan fingerprint density at radius 1 is 1.12 bits per heavy atom. The van der Waals surface area contributed by atoms with Crippen LogP contribution in [0, 0.1) is 0 Å². The van der Waals surface area contributed by atoms with Gasteiger partial charge in [-0.25, -0.2) is 0 Å². The van der Waals surface area contributed by atoms with Crippen LogP contribution in [0.15, 0.2) is 35.0 Å². The van der Waals surface area contributed by atoms with Crippen molar-refractivity contribution in [2.75, 3.05) is 0 Å². The van der Waals surface area contributed by atoms with Crippen LogP contribution in [-0.4, -0.2) is 10.9 Å². The number of nitrogens with zero attached hydrogens (tertiary/aromatic N) is 1. The van der Waals surface area contributed by atoms with Crippen LogP contribution in [0.4, 0.5) is 0 Å². The Hall–Kier alpha value is -1.57. The largest absolute Gasteiger partial charge is 0.411 e. The molecule has 1 rings (SSSR count). The molecule has 0 saturated carbocycles. The van der Waals surface area contributed by atoms with Gasteiger partial charge < -0.3 is 5.21 Å². The van der Waals surface area contributed by atoms with Crippen molar-refractivity contribution in [2.24, 2.45) is 5.16 Å². The molecule has 0 bridgehead atoms. The minimum Gasteiger partial charge on any atom is -0.411 e. The second-order valence-corrected chi connectivity index (χ2v) is 5.38. The second-order valence-electron chi connectivity index (χ2n) is 5.38. The van der Waals surface area contributed by atoms with Crippen LogP contribution in [-0.2, 0) is 5.41 Å². The third-order valence-electron chi connectivity index (χ3n) is 2.88. The normalized spacial score (nSPS) is 13.9. The monoisotopic (exact) mass is 231 g/mol. The summed E-state index contributed by atoms with van der Waals surface area (Å²) in [6, 6.07) is 8.47.